The third kappa shape index (κ3) is 5.47. The van der Waals surface area contributed by atoms with Crippen molar-refractivity contribution in [2.45, 2.75) is 64.3 Å². The van der Waals surface area contributed by atoms with Gasteiger partial charge < -0.3 is 15.2 Å². The first-order valence-corrected chi connectivity index (χ1v) is 8.53. The van der Waals surface area contributed by atoms with Gasteiger partial charge in [-0.15, -0.1) is 11.3 Å². The number of primary amides is 1. The van der Waals surface area contributed by atoms with E-state index in [9.17, 15) is 9.59 Å². The van der Waals surface area contributed by atoms with Gasteiger partial charge in [0.1, 0.15) is 5.60 Å². The van der Waals surface area contributed by atoms with Crippen LogP contribution in [0.25, 0.3) is 0 Å². The van der Waals surface area contributed by atoms with E-state index in [1.54, 1.807) is 26.2 Å². The molecule has 1 unspecified atom stereocenters. The molecule has 1 fully saturated rings. The third-order valence-corrected chi connectivity index (χ3v) is 4.06. The fraction of sp³-hybridized carbons (Fsp3) is 0.667. The van der Waals surface area contributed by atoms with Crippen LogP contribution in [-0.2, 0) is 14.3 Å². The van der Waals surface area contributed by atoms with Crippen molar-refractivity contribution in [3.8, 4) is 0 Å². The lowest BCUT2D eigenvalue weighted by Crippen LogP contribution is -2.28. The Morgan fingerprint density at radius 3 is 2.61 bits per heavy atom. The number of nitrogens with two attached hydrogens (primary N) is 1. The van der Waals surface area contributed by atoms with Crippen molar-refractivity contribution in [2.24, 2.45) is 5.73 Å². The van der Waals surface area contributed by atoms with Crippen LogP contribution >= 0.6 is 11.3 Å². The summed E-state index contributed by atoms with van der Waals surface area (Å²) in [7, 11) is 0. The fourth-order valence-corrected chi connectivity index (χ4v) is 3.06. The van der Waals surface area contributed by atoms with Gasteiger partial charge in [-0.05, 0) is 33.6 Å². The average Bonchev–Trinajstić information content (AvgIpc) is 3.04. The van der Waals surface area contributed by atoms with Gasteiger partial charge in [0, 0.05) is 5.38 Å². The van der Waals surface area contributed by atoms with E-state index in [1.807, 2.05) is 0 Å². The molecule has 0 saturated heterocycles. The summed E-state index contributed by atoms with van der Waals surface area (Å²) in [6.45, 7) is 5.33. The zero-order valence-corrected chi connectivity index (χ0v) is 14.4. The van der Waals surface area contributed by atoms with Gasteiger partial charge in [-0.3, -0.25) is 10.1 Å². The first-order chi connectivity index (χ1) is 10.7. The Morgan fingerprint density at radius 1 is 1.39 bits per heavy atom. The van der Waals surface area contributed by atoms with Gasteiger partial charge in [0.25, 0.3) is 5.91 Å². The topological polar surface area (TPSA) is 104 Å². The number of carbonyl (C=O) groups is 2. The minimum atomic E-state index is -0.886. The van der Waals surface area contributed by atoms with Crippen molar-refractivity contribution in [3.63, 3.8) is 0 Å². The van der Waals surface area contributed by atoms with Gasteiger partial charge in [0.15, 0.2) is 11.2 Å². The molecule has 2 rings (SSSR count). The molecular formula is C15H23N3O4S. The Balaban J connectivity index is 2.00. The summed E-state index contributed by atoms with van der Waals surface area (Å²) >= 11 is 1.20. The molecule has 3 N–H and O–H groups in total. The van der Waals surface area contributed by atoms with Gasteiger partial charge >= 0.3 is 6.09 Å². The minimum Gasteiger partial charge on any atom is -0.444 e. The number of amides is 2. The predicted octanol–water partition coefficient (Wildman–Crippen LogP) is 2.98. The Morgan fingerprint density at radius 2 is 2.04 bits per heavy atom. The van der Waals surface area contributed by atoms with E-state index >= 15 is 0 Å². The zero-order valence-electron chi connectivity index (χ0n) is 13.6. The smallest absolute Gasteiger partial charge is 0.413 e. The lowest BCUT2D eigenvalue weighted by atomic mass is 10.2. The van der Waals surface area contributed by atoms with Gasteiger partial charge in [-0.1, -0.05) is 12.8 Å². The quantitative estimate of drug-likeness (QED) is 0.857. The monoisotopic (exact) mass is 341 g/mol. The Bertz CT molecular complexity index is 561. The number of aromatic nitrogens is 1. The Labute approximate surface area is 139 Å². The van der Waals surface area contributed by atoms with Gasteiger partial charge in [0.05, 0.1) is 11.8 Å². The molecule has 0 spiro atoms. The van der Waals surface area contributed by atoms with E-state index in [1.165, 1.54) is 11.3 Å². The molecule has 1 aromatic rings. The molecule has 1 aliphatic carbocycles. The molecule has 1 atom stereocenters. The highest BCUT2D eigenvalue weighted by Crippen LogP contribution is 2.29. The number of nitrogens with one attached hydrogen (secondary N) is 1. The molecule has 1 saturated carbocycles. The maximum absolute atomic E-state index is 11.7. The second-order valence-corrected chi connectivity index (χ2v) is 7.39. The SMILES string of the molecule is CC(C)(C)OC(=O)Nc1nc(C(OC2CCCC2)C(N)=O)cs1. The van der Waals surface area contributed by atoms with E-state index in [-0.39, 0.29) is 6.10 Å². The third-order valence-electron chi connectivity index (χ3n) is 3.29. The number of ether oxygens (including phenoxy) is 2. The van der Waals surface area contributed by atoms with Gasteiger partial charge in [0.2, 0.25) is 0 Å². The van der Waals surface area contributed by atoms with Crippen LogP contribution in [0.15, 0.2) is 5.38 Å². The molecule has 128 valence electrons. The summed E-state index contributed by atoms with van der Waals surface area (Å²) in [6.07, 6.45) is 2.61. The maximum Gasteiger partial charge on any atom is 0.413 e. The van der Waals surface area contributed by atoms with Crippen molar-refractivity contribution in [1.82, 2.24) is 4.98 Å². The second kappa shape index (κ2) is 7.27. The molecule has 0 aliphatic heterocycles. The highest BCUT2D eigenvalue weighted by Gasteiger charge is 2.28. The van der Waals surface area contributed by atoms with Crippen molar-refractivity contribution in [2.75, 3.05) is 5.32 Å². The molecule has 1 heterocycles. The van der Waals surface area contributed by atoms with Gasteiger partial charge in [-0.2, -0.15) is 0 Å². The lowest BCUT2D eigenvalue weighted by Gasteiger charge is -2.19. The first-order valence-electron chi connectivity index (χ1n) is 7.65. The number of nitrogens with zero attached hydrogens (tertiary/aromatic N) is 1. The summed E-state index contributed by atoms with van der Waals surface area (Å²) in [6, 6.07) is 0. The van der Waals surface area contributed by atoms with Crippen LogP contribution in [0, 0.1) is 0 Å². The second-order valence-electron chi connectivity index (χ2n) is 6.53. The number of anilines is 1. The van der Waals surface area contributed by atoms with Crippen molar-refractivity contribution in [1.29, 1.82) is 0 Å². The lowest BCUT2D eigenvalue weighted by molar-refractivity contribution is -0.134. The van der Waals surface area contributed by atoms with Crippen LogP contribution in [0.1, 0.15) is 58.3 Å². The summed E-state index contributed by atoms with van der Waals surface area (Å²) < 4.78 is 10.9. The Hall–Kier alpha value is -1.67. The minimum absolute atomic E-state index is 0.0384. The molecule has 0 bridgehead atoms. The highest BCUT2D eigenvalue weighted by molar-refractivity contribution is 7.13. The molecule has 0 aromatic carbocycles. The highest BCUT2D eigenvalue weighted by atomic mass is 32.1. The molecular weight excluding hydrogens is 318 g/mol. The van der Waals surface area contributed by atoms with Crippen LogP contribution in [0.3, 0.4) is 0 Å². The fourth-order valence-electron chi connectivity index (χ4n) is 2.35. The van der Waals surface area contributed by atoms with E-state index in [0.717, 1.165) is 25.7 Å². The number of hydrogen-bond donors (Lipinski definition) is 2. The zero-order chi connectivity index (χ0) is 17.0. The number of thiazole rings is 1. The van der Waals surface area contributed by atoms with Crippen LogP contribution < -0.4 is 11.1 Å². The summed E-state index contributed by atoms with van der Waals surface area (Å²) in [5, 5.41) is 4.55. The van der Waals surface area contributed by atoms with Crippen LogP contribution in [-0.4, -0.2) is 28.7 Å². The summed E-state index contributed by atoms with van der Waals surface area (Å²) in [5.41, 5.74) is 5.25. The number of hydrogen-bond acceptors (Lipinski definition) is 6. The Kier molecular flexibility index (Phi) is 5.59. The summed E-state index contributed by atoms with van der Waals surface area (Å²) in [5.74, 6) is -0.578. The predicted molar refractivity (Wildman–Crippen MR) is 87.2 cm³/mol. The molecule has 1 aromatic heterocycles. The van der Waals surface area contributed by atoms with E-state index in [2.05, 4.69) is 10.3 Å². The number of rotatable bonds is 5. The molecule has 8 heteroatoms. The van der Waals surface area contributed by atoms with Crippen molar-refractivity contribution in [3.05, 3.63) is 11.1 Å². The molecule has 7 nitrogen and oxygen atoms in total. The first kappa shape index (κ1) is 17.7. The molecule has 23 heavy (non-hydrogen) atoms. The van der Waals surface area contributed by atoms with Crippen molar-refractivity contribution < 1.29 is 19.1 Å². The van der Waals surface area contributed by atoms with Crippen molar-refractivity contribution >= 4 is 28.5 Å². The van der Waals surface area contributed by atoms with Crippen LogP contribution in [0.4, 0.5) is 9.93 Å². The molecule has 0 radical (unpaired) electrons. The average molecular weight is 341 g/mol. The number of carbonyl (C=O) groups excluding carboxylic acids is 2. The van der Waals surface area contributed by atoms with Crippen LogP contribution in [0.2, 0.25) is 0 Å². The largest absolute Gasteiger partial charge is 0.444 e. The van der Waals surface area contributed by atoms with E-state index in [4.69, 9.17) is 15.2 Å². The molecule has 1 aliphatic rings. The van der Waals surface area contributed by atoms with E-state index in [0.29, 0.717) is 10.8 Å². The maximum atomic E-state index is 11.7. The standard InChI is InChI=1S/C15H23N3O4S/c1-15(2,3)22-14(20)18-13-17-10(8-23-13)11(12(16)19)21-9-6-4-5-7-9/h8-9,11H,4-7H2,1-3H3,(H2,16,19)(H,17,18,20). The molecule has 2 amide bonds. The normalized spacial score (nSPS) is 17.0. The van der Waals surface area contributed by atoms with Crippen LogP contribution in [0.5, 0.6) is 0 Å². The van der Waals surface area contributed by atoms with Gasteiger partial charge in [-0.25, -0.2) is 9.78 Å². The summed E-state index contributed by atoms with van der Waals surface area (Å²) in [4.78, 5) is 27.6. The van der Waals surface area contributed by atoms with E-state index < -0.39 is 23.7 Å².